The second-order valence-electron chi connectivity index (χ2n) is 4.85. The van der Waals surface area contributed by atoms with Crippen LogP contribution in [0.15, 0.2) is 34.4 Å². The fourth-order valence-electron chi connectivity index (χ4n) is 1.96. The molecule has 2 rings (SSSR count). The molecule has 0 nitrogen and oxygen atoms in total. The van der Waals surface area contributed by atoms with Gasteiger partial charge in [-0.25, -0.2) is 22.8 Å². The molecule has 3 heteroatoms. The molecule has 0 radical (unpaired) electrons. The Morgan fingerprint density at radius 1 is 0.947 bits per heavy atom. The van der Waals surface area contributed by atoms with E-state index in [0.29, 0.717) is 11.8 Å². The summed E-state index contributed by atoms with van der Waals surface area (Å²) in [6.07, 6.45) is 11.0. The average molecular weight is 376 g/mol. The van der Waals surface area contributed by atoms with Gasteiger partial charge >= 0.3 is 26.2 Å². The van der Waals surface area contributed by atoms with Gasteiger partial charge in [-0.1, -0.05) is 46.5 Å². The van der Waals surface area contributed by atoms with Crippen LogP contribution in [0.1, 0.15) is 41.5 Å². The number of halogens is 2. The Labute approximate surface area is 150 Å². The molecule has 0 amide bonds. The van der Waals surface area contributed by atoms with Crippen molar-refractivity contribution in [3.05, 3.63) is 46.6 Å². The number of allylic oxidation sites excluding steroid dienone is 8. The Morgan fingerprint density at radius 3 is 1.58 bits per heavy atom. The van der Waals surface area contributed by atoms with E-state index < -0.39 is 0 Å². The monoisotopic (exact) mass is 374 g/mol. The maximum absolute atomic E-state index is 3.29. The molecule has 0 spiro atoms. The van der Waals surface area contributed by atoms with Gasteiger partial charge in [-0.2, -0.15) is 11.6 Å². The van der Waals surface area contributed by atoms with Crippen LogP contribution in [0.5, 0.6) is 0 Å². The van der Waals surface area contributed by atoms with Crippen LogP contribution < -0.4 is 24.8 Å². The molecular weight excluding hydrogens is 354 g/mol. The van der Waals surface area contributed by atoms with Gasteiger partial charge in [0.25, 0.3) is 0 Å². The van der Waals surface area contributed by atoms with Gasteiger partial charge in [0.1, 0.15) is 0 Å². The molecule has 0 heterocycles. The van der Waals surface area contributed by atoms with Crippen LogP contribution in [0.4, 0.5) is 0 Å². The van der Waals surface area contributed by atoms with E-state index in [1.807, 2.05) is 0 Å². The van der Waals surface area contributed by atoms with E-state index in [0.717, 1.165) is 0 Å². The second-order valence-corrected chi connectivity index (χ2v) is 4.85. The average Bonchev–Trinajstić information content (AvgIpc) is 2.58. The van der Waals surface area contributed by atoms with Crippen molar-refractivity contribution < 1.29 is 51.0 Å². The molecule has 19 heavy (non-hydrogen) atoms. The van der Waals surface area contributed by atoms with E-state index in [1.165, 1.54) is 22.3 Å². The maximum atomic E-state index is 3.29. The second kappa shape index (κ2) is 11.1. The zero-order valence-electron chi connectivity index (χ0n) is 12.6. The van der Waals surface area contributed by atoms with Crippen molar-refractivity contribution in [1.29, 1.82) is 0 Å². The smallest absolute Gasteiger partial charge is 1.00 e. The van der Waals surface area contributed by atoms with Crippen LogP contribution in [0, 0.1) is 24.0 Å². The Kier molecular flexibility index (Phi) is 14.3. The third kappa shape index (κ3) is 8.33. The molecule has 0 fully saturated rings. The largest absolute Gasteiger partial charge is 4.00 e. The van der Waals surface area contributed by atoms with E-state index in [9.17, 15) is 0 Å². The summed E-state index contributed by atoms with van der Waals surface area (Å²) < 4.78 is 0. The SMILES string of the molecule is CC1=[C-]C(C)C(C)=C1.CC1=[C-]C(C)C=C1C.[Cl-].[Cl-].[Zr+4]. The predicted octanol–water partition coefficient (Wildman–Crippen LogP) is -1.33. The molecule has 0 saturated carbocycles. The minimum Gasteiger partial charge on any atom is -1.00 e. The van der Waals surface area contributed by atoms with Crippen molar-refractivity contribution in [3.63, 3.8) is 0 Å². The fourth-order valence-corrected chi connectivity index (χ4v) is 1.96. The molecule has 2 atom stereocenters. The molecule has 104 valence electrons. The Balaban J connectivity index is -0.000000233. The minimum atomic E-state index is 0. The molecule has 2 unspecified atom stereocenters. The normalized spacial score (nSPS) is 23.3. The van der Waals surface area contributed by atoms with Crippen LogP contribution in [0.2, 0.25) is 0 Å². The van der Waals surface area contributed by atoms with Gasteiger partial charge in [0.05, 0.1) is 0 Å². The Morgan fingerprint density at radius 2 is 1.47 bits per heavy atom. The third-order valence-electron chi connectivity index (χ3n) is 3.11. The zero-order chi connectivity index (χ0) is 12.3. The maximum Gasteiger partial charge on any atom is 4.00 e. The number of rotatable bonds is 0. The summed E-state index contributed by atoms with van der Waals surface area (Å²) in [7, 11) is 0. The first-order valence-electron chi connectivity index (χ1n) is 5.97. The van der Waals surface area contributed by atoms with Crippen molar-refractivity contribution >= 4 is 0 Å². The Bertz CT molecular complexity index is 372. The van der Waals surface area contributed by atoms with Gasteiger partial charge in [-0.15, -0.1) is 6.92 Å². The molecule has 0 aliphatic heterocycles. The minimum absolute atomic E-state index is 0. The summed E-state index contributed by atoms with van der Waals surface area (Å²) >= 11 is 0. The molecule has 0 bridgehead atoms. The molecule has 0 aromatic heterocycles. The summed E-state index contributed by atoms with van der Waals surface area (Å²) in [6, 6.07) is 0. The summed E-state index contributed by atoms with van der Waals surface area (Å²) in [5.41, 5.74) is 5.42. The third-order valence-corrected chi connectivity index (χ3v) is 3.11. The van der Waals surface area contributed by atoms with Gasteiger partial charge < -0.3 is 24.8 Å². The fraction of sp³-hybridized carbons (Fsp3) is 0.500. The van der Waals surface area contributed by atoms with Crippen molar-refractivity contribution in [2.24, 2.45) is 11.8 Å². The van der Waals surface area contributed by atoms with Gasteiger partial charge in [0, 0.05) is 0 Å². The van der Waals surface area contributed by atoms with Crippen LogP contribution in [-0.4, -0.2) is 0 Å². The van der Waals surface area contributed by atoms with Gasteiger partial charge in [-0.05, 0) is 0 Å². The predicted molar refractivity (Wildman–Crippen MR) is 70.7 cm³/mol. The van der Waals surface area contributed by atoms with Crippen LogP contribution >= 0.6 is 0 Å². The zero-order valence-corrected chi connectivity index (χ0v) is 16.5. The van der Waals surface area contributed by atoms with E-state index in [-0.39, 0.29) is 51.0 Å². The number of hydrogen-bond donors (Lipinski definition) is 0. The molecule has 0 aromatic carbocycles. The summed E-state index contributed by atoms with van der Waals surface area (Å²) in [6.45, 7) is 12.8. The molecule has 0 aromatic rings. The topological polar surface area (TPSA) is 0 Å². The summed E-state index contributed by atoms with van der Waals surface area (Å²) in [5, 5.41) is 0. The first-order chi connectivity index (χ1) is 7.40. The van der Waals surface area contributed by atoms with Crippen molar-refractivity contribution in [1.82, 2.24) is 0 Å². The molecule has 2 aliphatic rings. The van der Waals surface area contributed by atoms with Crippen molar-refractivity contribution in [3.8, 4) is 0 Å². The van der Waals surface area contributed by atoms with E-state index in [2.05, 4.69) is 65.8 Å². The molecular formula is C16H22Cl2Zr. The standard InChI is InChI=1S/2C8H11.2ClH.Zr/c2*1-6-4-7(2)8(3)5-6;;;/h4,8H,1-3H3;4,6H,1-3H3;2*1H;/q2*-1;;;+4/p-2. The van der Waals surface area contributed by atoms with Crippen molar-refractivity contribution in [2.45, 2.75) is 41.5 Å². The molecule has 0 N–H and O–H groups in total. The summed E-state index contributed by atoms with van der Waals surface area (Å²) in [5.74, 6) is 1.12. The molecule has 2 aliphatic carbocycles. The molecule has 0 saturated heterocycles. The van der Waals surface area contributed by atoms with Crippen LogP contribution in [-0.2, 0) is 26.2 Å². The van der Waals surface area contributed by atoms with E-state index in [1.54, 1.807) is 0 Å². The van der Waals surface area contributed by atoms with Gasteiger partial charge in [-0.3, -0.25) is 12.2 Å². The van der Waals surface area contributed by atoms with Crippen LogP contribution in [0.3, 0.4) is 0 Å². The number of hydrogen-bond acceptors (Lipinski definition) is 0. The van der Waals surface area contributed by atoms with Gasteiger partial charge in [0.15, 0.2) is 0 Å². The first kappa shape index (κ1) is 24.4. The van der Waals surface area contributed by atoms with E-state index in [4.69, 9.17) is 0 Å². The van der Waals surface area contributed by atoms with E-state index >= 15 is 0 Å². The first-order valence-corrected chi connectivity index (χ1v) is 5.97. The Hall–Kier alpha value is 0.423. The quantitative estimate of drug-likeness (QED) is 0.460. The van der Waals surface area contributed by atoms with Gasteiger partial charge in [0.2, 0.25) is 0 Å². The van der Waals surface area contributed by atoms with Crippen LogP contribution in [0.25, 0.3) is 0 Å². The summed E-state index contributed by atoms with van der Waals surface area (Å²) in [4.78, 5) is 0. The van der Waals surface area contributed by atoms with Crippen molar-refractivity contribution in [2.75, 3.05) is 0 Å².